The SMILES string of the molecule is CC1(C)c2ccccc2-c2ccc(N(c3ccc4c(c3)C3(c5ccccc5-4)c4cc(C5CC6CCCC6C5)ccc4-c4ccc(C5CC6CCCC6C5)cc43)c3ccccc3-c3ccccc3)cc21. The van der Waals surface area contributed by atoms with E-state index in [2.05, 4.69) is 195 Å². The Morgan fingerprint density at radius 1 is 0.362 bits per heavy atom. The van der Waals surface area contributed by atoms with E-state index in [4.69, 9.17) is 0 Å². The Hall–Kier alpha value is -6.44. The number of hydrogen-bond donors (Lipinski definition) is 0. The molecule has 4 atom stereocenters. The zero-order valence-electron chi connectivity index (χ0n) is 40.2. The Balaban J connectivity index is 0.971. The second kappa shape index (κ2) is 15.0. The maximum atomic E-state index is 2.74. The molecule has 0 aromatic heterocycles. The van der Waals surface area contributed by atoms with Crippen LogP contribution >= 0.6 is 0 Å². The molecule has 4 fully saturated rings. The monoisotopic (exact) mass is 891 g/mol. The van der Waals surface area contributed by atoms with Crippen molar-refractivity contribution in [2.75, 3.05) is 4.90 Å². The predicted molar refractivity (Wildman–Crippen MR) is 286 cm³/mol. The van der Waals surface area contributed by atoms with Gasteiger partial charge in [-0.3, -0.25) is 0 Å². The lowest BCUT2D eigenvalue weighted by Crippen LogP contribution is -2.27. The number of para-hydroxylation sites is 1. The van der Waals surface area contributed by atoms with Gasteiger partial charge in [-0.05, 0) is 175 Å². The number of anilines is 3. The van der Waals surface area contributed by atoms with E-state index in [1.54, 1.807) is 11.1 Å². The van der Waals surface area contributed by atoms with Crippen LogP contribution in [0.25, 0.3) is 44.5 Å². The largest absolute Gasteiger partial charge is 0.310 e. The summed E-state index contributed by atoms with van der Waals surface area (Å²) in [6.07, 6.45) is 14.0. The molecule has 8 aromatic rings. The zero-order valence-corrected chi connectivity index (χ0v) is 40.2. The second-order valence-corrected chi connectivity index (χ2v) is 23.0. The van der Waals surface area contributed by atoms with Crippen molar-refractivity contribution in [1.29, 1.82) is 0 Å². The van der Waals surface area contributed by atoms with E-state index in [1.807, 2.05) is 0 Å². The van der Waals surface area contributed by atoms with Crippen molar-refractivity contribution in [3.63, 3.8) is 0 Å². The summed E-state index contributed by atoms with van der Waals surface area (Å²) in [5.74, 6) is 4.90. The fourth-order valence-electron chi connectivity index (χ4n) is 16.3. The van der Waals surface area contributed by atoms with Crippen LogP contribution in [-0.2, 0) is 10.8 Å². The van der Waals surface area contributed by atoms with Crippen LogP contribution in [0.5, 0.6) is 0 Å². The molecule has 69 heavy (non-hydrogen) atoms. The van der Waals surface area contributed by atoms with E-state index in [1.165, 1.54) is 159 Å². The fourth-order valence-corrected chi connectivity index (χ4v) is 16.3. The summed E-state index contributed by atoms with van der Waals surface area (Å²) < 4.78 is 0. The number of fused-ring (bicyclic) bond motifs is 15. The third kappa shape index (κ3) is 5.77. The lowest BCUT2D eigenvalue weighted by Gasteiger charge is -2.34. The predicted octanol–water partition coefficient (Wildman–Crippen LogP) is 18.1. The molecular weight excluding hydrogens is 831 g/mol. The van der Waals surface area contributed by atoms with Crippen LogP contribution in [0.1, 0.15) is 134 Å². The Morgan fingerprint density at radius 2 is 0.783 bits per heavy atom. The van der Waals surface area contributed by atoms with Crippen molar-refractivity contribution in [1.82, 2.24) is 0 Å². The summed E-state index contributed by atoms with van der Waals surface area (Å²) in [4.78, 5) is 2.59. The average Bonchev–Trinajstić information content (AvgIpc) is 4.27. The molecule has 7 aliphatic carbocycles. The van der Waals surface area contributed by atoms with Gasteiger partial charge in [0, 0.05) is 22.4 Å². The summed E-state index contributed by atoms with van der Waals surface area (Å²) in [6.45, 7) is 4.82. The first kappa shape index (κ1) is 40.4. The lowest BCUT2D eigenvalue weighted by atomic mass is 9.69. The van der Waals surface area contributed by atoms with Gasteiger partial charge in [-0.25, -0.2) is 0 Å². The van der Waals surface area contributed by atoms with Crippen molar-refractivity contribution in [3.05, 3.63) is 220 Å². The van der Waals surface area contributed by atoms with Crippen LogP contribution in [0.15, 0.2) is 176 Å². The van der Waals surface area contributed by atoms with E-state index < -0.39 is 5.41 Å². The third-order valence-electron chi connectivity index (χ3n) is 19.5. The molecule has 0 N–H and O–H groups in total. The van der Waals surface area contributed by atoms with Gasteiger partial charge >= 0.3 is 0 Å². The Morgan fingerprint density at radius 3 is 1.36 bits per heavy atom. The molecule has 4 unspecified atom stereocenters. The fraction of sp³-hybridized carbons (Fsp3) is 0.294. The van der Waals surface area contributed by atoms with Crippen LogP contribution in [0.2, 0.25) is 0 Å². The molecule has 8 aromatic carbocycles. The molecule has 0 radical (unpaired) electrons. The maximum Gasteiger partial charge on any atom is 0.0726 e. The number of nitrogens with zero attached hydrogens (tertiary/aromatic N) is 1. The molecule has 0 heterocycles. The molecule has 1 nitrogen and oxygen atoms in total. The van der Waals surface area contributed by atoms with Gasteiger partial charge in [0.2, 0.25) is 0 Å². The molecular formula is C68H61N. The highest BCUT2D eigenvalue weighted by atomic mass is 15.1. The highest BCUT2D eigenvalue weighted by molar-refractivity contribution is 5.98. The first-order valence-electron chi connectivity index (χ1n) is 26.7. The van der Waals surface area contributed by atoms with Crippen molar-refractivity contribution in [2.45, 2.75) is 101 Å². The molecule has 4 saturated carbocycles. The van der Waals surface area contributed by atoms with Gasteiger partial charge in [-0.15, -0.1) is 0 Å². The number of hydrogen-bond acceptors (Lipinski definition) is 1. The minimum atomic E-state index is -0.437. The van der Waals surface area contributed by atoms with Gasteiger partial charge in [0.05, 0.1) is 11.1 Å². The van der Waals surface area contributed by atoms with Gasteiger partial charge in [0.25, 0.3) is 0 Å². The minimum Gasteiger partial charge on any atom is -0.310 e. The van der Waals surface area contributed by atoms with E-state index in [-0.39, 0.29) is 5.41 Å². The van der Waals surface area contributed by atoms with Gasteiger partial charge in [-0.2, -0.15) is 0 Å². The number of benzene rings is 8. The summed E-state index contributed by atoms with van der Waals surface area (Å²) in [6, 6.07) is 69.3. The van der Waals surface area contributed by atoms with E-state index in [9.17, 15) is 0 Å². The topological polar surface area (TPSA) is 3.24 Å². The van der Waals surface area contributed by atoms with Gasteiger partial charge in [0.15, 0.2) is 0 Å². The summed E-state index contributed by atoms with van der Waals surface area (Å²) in [7, 11) is 0. The average molecular weight is 892 g/mol. The Kier molecular flexibility index (Phi) is 8.81. The zero-order chi connectivity index (χ0) is 45.6. The summed E-state index contributed by atoms with van der Waals surface area (Å²) in [5.41, 5.74) is 25.6. The molecule has 1 heteroatoms. The van der Waals surface area contributed by atoms with Crippen LogP contribution in [0.4, 0.5) is 17.1 Å². The van der Waals surface area contributed by atoms with Gasteiger partial charge in [0.1, 0.15) is 0 Å². The molecule has 15 rings (SSSR count). The first-order chi connectivity index (χ1) is 33.9. The molecule has 0 bridgehead atoms. The molecule has 1 spiro atoms. The van der Waals surface area contributed by atoms with Crippen LogP contribution in [-0.4, -0.2) is 0 Å². The molecule has 0 aliphatic heterocycles. The van der Waals surface area contributed by atoms with Crippen molar-refractivity contribution < 1.29 is 0 Å². The molecule has 7 aliphatic rings. The van der Waals surface area contributed by atoms with Gasteiger partial charge in [-0.1, -0.05) is 198 Å². The normalized spacial score (nSPS) is 25.7. The highest BCUT2D eigenvalue weighted by Gasteiger charge is 2.53. The summed E-state index contributed by atoms with van der Waals surface area (Å²) >= 11 is 0. The minimum absolute atomic E-state index is 0.126. The standard InChI is InChI=1S/C68H61N/c1-67(2)60-23-9-6-21-54(60)56-32-28-51(40-62(56)67)69(66-25-11-8-20-53(66)42-14-4-3-5-15-42)52-29-33-59-55-22-7-10-24-61(55)68(65(59)41-52)63-38-47(49-34-43-16-12-17-44(43)35-49)26-30-57(63)58-31-27-48(39-64(58)68)50-36-45-18-13-19-46(45)37-50/h3-11,14-15,20-33,38-41,43-46,49-50H,12-13,16-19,34-37H2,1-2H3. The Labute approximate surface area is 409 Å². The smallest absolute Gasteiger partial charge is 0.0726 e. The van der Waals surface area contributed by atoms with Crippen molar-refractivity contribution in [3.8, 4) is 44.5 Å². The maximum absolute atomic E-state index is 2.74. The highest BCUT2D eigenvalue weighted by Crippen LogP contribution is 2.65. The van der Waals surface area contributed by atoms with E-state index in [0.29, 0.717) is 11.8 Å². The quantitative estimate of drug-likeness (QED) is 0.161. The second-order valence-electron chi connectivity index (χ2n) is 23.0. The van der Waals surface area contributed by atoms with E-state index in [0.717, 1.165) is 23.7 Å². The van der Waals surface area contributed by atoms with E-state index >= 15 is 0 Å². The third-order valence-corrected chi connectivity index (χ3v) is 19.5. The first-order valence-corrected chi connectivity index (χ1v) is 26.7. The lowest BCUT2D eigenvalue weighted by molar-refractivity contribution is 0.457. The van der Waals surface area contributed by atoms with Gasteiger partial charge < -0.3 is 4.90 Å². The van der Waals surface area contributed by atoms with Crippen molar-refractivity contribution >= 4 is 17.1 Å². The molecule has 0 amide bonds. The molecule has 0 saturated heterocycles. The van der Waals surface area contributed by atoms with Crippen LogP contribution in [0.3, 0.4) is 0 Å². The summed E-state index contributed by atoms with van der Waals surface area (Å²) in [5, 5.41) is 0. The van der Waals surface area contributed by atoms with Crippen molar-refractivity contribution in [2.24, 2.45) is 23.7 Å². The van der Waals surface area contributed by atoms with Crippen LogP contribution < -0.4 is 4.90 Å². The van der Waals surface area contributed by atoms with Crippen LogP contribution in [0, 0.1) is 23.7 Å². The molecule has 338 valence electrons. The Bertz CT molecular complexity index is 3280. The number of rotatable bonds is 6.